The fourth-order valence-corrected chi connectivity index (χ4v) is 3.43. The fourth-order valence-electron chi connectivity index (χ4n) is 2.93. The van der Waals surface area contributed by atoms with Gasteiger partial charge in [0.15, 0.2) is 5.69 Å². The van der Waals surface area contributed by atoms with Crippen molar-refractivity contribution < 1.29 is 24.2 Å². The van der Waals surface area contributed by atoms with Gasteiger partial charge in [-0.15, -0.1) is 10.2 Å². The summed E-state index contributed by atoms with van der Waals surface area (Å²) in [5.74, 6) is -2.21. The summed E-state index contributed by atoms with van der Waals surface area (Å²) in [6.45, 7) is 1.20. The molecule has 1 aromatic heterocycles. The van der Waals surface area contributed by atoms with E-state index in [2.05, 4.69) is 15.5 Å². The lowest BCUT2D eigenvalue weighted by atomic mass is 10.2. The van der Waals surface area contributed by atoms with Gasteiger partial charge in [0, 0.05) is 10.4 Å². The van der Waals surface area contributed by atoms with E-state index in [1.165, 1.54) is 22.8 Å². The zero-order valence-corrected chi connectivity index (χ0v) is 18.4. The van der Waals surface area contributed by atoms with Crippen molar-refractivity contribution >= 4 is 57.6 Å². The van der Waals surface area contributed by atoms with Crippen molar-refractivity contribution in [1.29, 1.82) is 0 Å². The molecule has 0 saturated carbocycles. The number of amides is 2. The minimum absolute atomic E-state index is 0.0188. The molecule has 0 aliphatic carbocycles. The predicted octanol–water partition coefficient (Wildman–Crippen LogP) is 4.26. The van der Waals surface area contributed by atoms with E-state index in [1.54, 1.807) is 31.2 Å². The largest absolute Gasteiger partial charge is 0.493 e. The normalized spacial score (nSPS) is 11.1. The SMILES string of the molecule is CCOC(=O)Cn1c(O)c(N=NC(=O)CNC(=O)c2ccc(Cl)cc2Cl)c2ccccc21. The third kappa shape index (κ3) is 5.24. The second-order valence-electron chi connectivity index (χ2n) is 6.48. The highest BCUT2D eigenvalue weighted by Crippen LogP contribution is 2.38. The molecule has 11 heteroatoms. The number of carbonyl (C=O) groups is 3. The van der Waals surface area contributed by atoms with E-state index in [9.17, 15) is 19.5 Å². The standard InChI is InChI=1S/C21H18Cl2N4O5/c1-2-32-18(29)11-27-16-6-4-3-5-14(16)19(21(27)31)26-25-17(28)10-24-20(30)13-8-7-12(22)9-15(13)23/h3-9,31H,2,10-11H2,1H3,(H,24,30). The molecule has 0 spiro atoms. The molecule has 0 unspecified atom stereocenters. The van der Waals surface area contributed by atoms with Crippen LogP contribution in [0, 0.1) is 0 Å². The van der Waals surface area contributed by atoms with Crippen molar-refractivity contribution in [3.8, 4) is 5.88 Å². The average molecular weight is 477 g/mol. The molecule has 0 saturated heterocycles. The van der Waals surface area contributed by atoms with Crippen molar-refractivity contribution in [3.63, 3.8) is 0 Å². The number of halogens is 2. The lowest BCUT2D eigenvalue weighted by molar-refractivity contribution is -0.143. The number of aromatic hydroxyl groups is 1. The van der Waals surface area contributed by atoms with Gasteiger partial charge >= 0.3 is 5.97 Å². The molecule has 1 heterocycles. The highest BCUT2D eigenvalue weighted by molar-refractivity contribution is 6.36. The van der Waals surface area contributed by atoms with Gasteiger partial charge in [0.1, 0.15) is 13.1 Å². The number of ether oxygens (including phenoxy) is 1. The molecular weight excluding hydrogens is 459 g/mol. The molecule has 0 fully saturated rings. The average Bonchev–Trinajstić information content (AvgIpc) is 3.01. The summed E-state index contributed by atoms with van der Waals surface area (Å²) in [6, 6.07) is 11.1. The third-order valence-corrected chi connectivity index (χ3v) is 4.90. The molecule has 2 amide bonds. The summed E-state index contributed by atoms with van der Waals surface area (Å²) < 4.78 is 6.24. The summed E-state index contributed by atoms with van der Waals surface area (Å²) in [6.07, 6.45) is 0. The monoisotopic (exact) mass is 476 g/mol. The first-order valence-corrected chi connectivity index (χ1v) is 10.2. The molecule has 9 nitrogen and oxygen atoms in total. The number of fused-ring (bicyclic) bond motifs is 1. The summed E-state index contributed by atoms with van der Waals surface area (Å²) in [4.78, 5) is 36.2. The molecule has 3 aromatic rings. The van der Waals surface area contributed by atoms with Crippen LogP contribution in [0.15, 0.2) is 52.7 Å². The molecule has 32 heavy (non-hydrogen) atoms. The minimum atomic E-state index is -0.759. The van der Waals surface area contributed by atoms with Crippen molar-refractivity contribution in [2.75, 3.05) is 13.2 Å². The zero-order valence-electron chi connectivity index (χ0n) is 16.8. The van der Waals surface area contributed by atoms with Crippen LogP contribution in [0.2, 0.25) is 10.0 Å². The van der Waals surface area contributed by atoms with E-state index >= 15 is 0 Å². The number of nitrogens with one attached hydrogen (secondary N) is 1. The highest BCUT2D eigenvalue weighted by Gasteiger charge is 2.19. The highest BCUT2D eigenvalue weighted by atomic mass is 35.5. The summed E-state index contributed by atoms with van der Waals surface area (Å²) in [5.41, 5.74) is 0.691. The van der Waals surface area contributed by atoms with Gasteiger partial charge in [0.2, 0.25) is 5.88 Å². The quantitative estimate of drug-likeness (QED) is 0.389. The van der Waals surface area contributed by atoms with E-state index in [0.717, 1.165) is 0 Å². The topological polar surface area (TPSA) is 122 Å². The van der Waals surface area contributed by atoms with Crippen molar-refractivity contribution in [2.45, 2.75) is 13.5 Å². The number of hydrogen-bond donors (Lipinski definition) is 2. The zero-order chi connectivity index (χ0) is 23.3. The number of benzene rings is 2. The Kier molecular flexibility index (Phi) is 7.45. The van der Waals surface area contributed by atoms with Crippen LogP contribution in [0.3, 0.4) is 0 Å². The van der Waals surface area contributed by atoms with Crippen molar-refractivity contribution in [2.24, 2.45) is 10.2 Å². The molecule has 0 bridgehead atoms. The lowest BCUT2D eigenvalue weighted by Crippen LogP contribution is -2.28. The molecule has 2 aromatic carbocycles. The minimum Gasteiger partial charge on any atom is -0.493 e. The van der Waals surface area contributed by atoms with Gasteiger partial charge in [0.25, 0.3) is 11.8 Å². The molecule has 0 atom stereocenters. The van der Waals surface area contributed by atoms with Gasteiger partial charge in [0.05, 0.1) is 22.7 Å². The van der Waals surface area contributed by atoms with Gasteiger partial charge in [-0.05, 0) is 31.2 Å². The number of hydrogen-bond acceptors (Lipinski definition) is 6. The molecule has 0 aliphatic heterocycles. The Hall–Kier alpha value is -3.43. The van der Waals surface area contributed by atoms with Gasteiger partial charge in [-0.1, -0.05) is 41.4 Å². The van der Waals surface area contributed by atoms with Gasteiger partial charge < -0.3 is 15.2 Å². The summed E-state index contributed by atoms with van der Waals surface area (Å²) in [5, 5.41) is 21.4. The Morgan fingerprint density at radius 2 is 1.91 bits per heavy atom. The Balaban J connectivity index is 1.75. The number of esters is 1. The van der Waals surface area contributed by atoms with Crippen LogP contribution in [-0.2, 0) is 20.9 Å². The second-order valence-corrected chi connectivity index (χ2v) is 7.32. The van der Waals surface area contributed by atoms with Crippen molar-refractivity contribution in [1.82, 2.24) is 9.88 Å². The number of nitrogens with zero attached hydrogens (tertiary/aromatic N) is 3. The first-order valence-electron chi connectivity index (χ1n) is 9.45. The van der Waals surface area contributed by atoms with Crippen molar-refractivity contribution in [3.05, 3.63) is 58.1 Å². The van der Waals surface area contributed by atoms with Crippen LogP contribution in [0.1, 0.15) is 17.3 Å². The molecule has 166 valence electrons. The van der Waals surface area contributed by atoms with E-state index in [1.807, 2.05) is 0 Å². The van der Waals surface area contributed by atoms with Gasteiger partial charge in [-0.25, -0.2) is 0 Å². The van der Waals surface area contributed by atoms with Crippen LogP contribution >= 0.6 is 23.2 Å². The van der Waals surface area contributed by atoms with Crippen LogP contribution in [-0.4, -0.2) is 40.6 Å². The fraction of sp³-hybridized carbons (Fsp3) is 0.190. The molecule has 3 rings (SSSR count). The van der Waals surface area contributed by atoms with Crippen LogP contribution in [0.5, 0.6) is 5.88 Å². The van der Waals surface area contributed by atoms with E-state index in [-0.39, 0.29) is 35.3 Å². The second kappa shape index (κ2) is 10.3. The van der Waals surface area contributed by atoms with Crippen LogP contribution in [0.4, 0.5) is 5.69 Å². The summed E-state index contributed by atoms with van der Waals surface area (Å²) >= 11 is 11.8. The van der Waals surface area contributed by atoms with Crippen LogP contribution in [0.25, 0.3) is 10.9 Å². The first kappa shape index (κ1) is 23.2. The summed E-state index contributed by atoms with van der Waals surface area (Å²) in [7, 11) is 0. The number of para-hydroxylation sites is 1. The Bertz CT molecular complexity index is 1220. The maximum atomic E-state index is 12.2. The first-order chi connectivity index (χ1) is 15.3. The van der Waals surface area contributed by atoms with E-state index in [0.29, 0.717) is 15.9 Å². The number of aromatic nitrogens is 1. The lowest BCUT2D eigenvalue weighted by Gasteiger charge is -2.06. The Labute approximate surface area is 192 Å². The number of azo groups is 1. The van der Waals surface area contributed by atoms with Gasteiger partial charge in [-0.2, -0.15) is 0 Å². The maximum Gasteiger partial charge on any atom is 0.326 e. The maximum absolute atomic E-state index is 12.2. The molecule has 0 aliphatic rings. The van der Waals surface area contributed by atoms with Crippen LogP contribution < -0.4 is 5.32 Å². The number of carbonyl (C=O) groups excluding carboxylic acids is 3. The smallest absolute Gasteiger partial charge is 0.326 e. The Morgan fingerprint density at radius 3 is 2.62 bits per heavy atom. The molecule has 2 N–H and O–H groups in total. The molecule has 0 radical (unpaired) electrons. The number of rotatable bonds is 7. The molecular formula is C21H18Cl2N4O5. The Morgan fingerprint density at radius 1 is 1.16 bits per heavy atom. The predicted molar refractivity (Wildman–Crippen MR) is 119 cm³/mol. The van der Waals surface area contributed by atoms with E-state index < -0.39 is 24.3 Å². The van der Waals surface area contributed by atoms with E-state index in [4.69, 9.17) is 27.9 Å². The van der Waals surface area contributed by atoms with Gasteiger partial charge in [-0.3, -0.25) is 19.0 Å². The third-order valence-electron chi connectivity index (χ3n) is 4.35.